The number of aryl methyl sites for hydroxylation is 3. The van der Waals surface area contributed by atoms with Gasteiger partial charge in [-0.2, -0.15) is 5.10 Å². The zero-order valence-electron chi connectivity index (χ0n) is 17.0. The van der Waals surface area contributed by atoms with Gasteiger partial charge < -0.3 is 9.30 Å². The van der Waals surface area contributed by atoms with Crippen LogP contribution in [0.3, 0.4) is 0 Å². The molecule has 1 aromatic heterocycles. The SMILES string of the molecule is Cc1cc(C)cc(OCC(=O)N/N=C/c2cc(C)n(-c3ccc(Cl)cc3)c2C)c1. The molecule has 6 heteroatoms. The summed E-state index contributed by atoms with van der Waals surface area (Å²) in [5, 5.41) is 4.77. The maximum Gasteiger partial charge on any atom is 0.277 e. The number of hydrazone groups is 1. The van der Waals surface area contributed by atoms with E-state index in [1.165, 1.54) is 0 Å². The van der Waals surface area contributed by atoms with Crippen LogP contribution in [0.2, 0.25) is 5.02 Å². The molecule has 0 saturated carbocycles. The molecule has 5 nitrogen and oxygen atoms in total. The quantitative estimate of drug-likeness (QED) is 0.465. The Bertz CT molecular complexity index is 1030. The van der Waals surface area contributed by atoms with Crippen LogP contribution in [0.5, 0.6) is 5.75 Å². The Hall–Kier alpha value is -3.05. The highest BCUT2D eigenvalue weighted by atomic mass is 35.5. The highest BCUT2D eigenvalue weighted by molar-refractivity contribution is 6.30. The minimum atomic E-state index is -0.313. The van der Waals surface area contributed by atoms with Crippen molar-refractivity contribution in [3.05, 3.63) is 81.6 Å². The van der Waals surface area contributed by atoms with Crippen molar-refractivity contribution < 1.29 is 9.53 Å². The van der Waals surface area contributed by atoms with Crippen molar-refractivity contribution in [3.63, 3.8) is 0 Å². The van der Waals surface area contributed by atoms with Gasteiger partial charge in [-0.15, -0.1) is 0 Å². The summed E-state index contributed by atoms with van der Waals surface area (Å²) in [5.41, 5.74) is 8.73. The lowest BCUT2D eigenvalue weighted by Crippen LogP contribution is -2.24. The molecular weight excluding hydrogens is 386 g/mol. The highest BCUT2D eigenvalue weighted by Gasteiger charge is 2.09. The fourth-order valence-electron chi connectivity index (χ4n) is 3.28. The Morgan fingerprint density at radius 1 is 1.07 bits per heavy atom. The Morgan fingerprint density at radius 2 is 1.72 bits per heavy atom. The molecular formula is C23H24ClN3O2. The lowest BCUT2D eigenvalue weighted by Gasteiger charge is -2.09. The fraction of sp³-hybridized carbons (Fsp3) is 0.217. The summed E-state index contributed by atoms with van der Waals surface area (Å²) in [6.07, 6.45) is 1.64. The van der Waals surface area contributed by atoms with E-state index in [0.717, 1.165) is 33.8 Å². The molecule has 0 radical (unpaired) electrons. The summed E-state index contributed by atoms with van der Waals surface area (Å²) in [7, 11) is 0. The molecule has 0 bridgehead atoms. The molecule has 3 aromatic rings. The van der Waals surface area contributed by atoms with Gasteiger partial charge in [0, 0.05) is 27.7 Å². The van der Waals surface area contributed by atoms with E-state index >= 15 is 0 Å². The molecule has 3 rings (SSSR count). The van der Waals surface area contributed by atoms with Crippen molar-refractivity contribution in [1.82, 2.24) is 9.99 Å². The van der Waals surface area contributed by atoms with Gasteiger partial charge in [-0.3, -0.25) is 4.79 Å². The number of nitrogens with one attached hydrogen (secondary N) is 1. The average molecular weight is 410 g/mol. The van der Waals surface area contributed by atoms with Gasteiger partial charge in [0.25, 0.3) is 5.91 Å². The Labute approximate surface area is 176 Å². The van der Waals surface area contributed by atoms with Crippen LogP contribution in [0, 0.1) is 27.7 Å². The molecule has 0 aliphatic heterocycles. The van der Waals surface area contributed by atoms with Crippen LogP contribution in [0.4, 0.5) is 0 Å². The summed E-state index contributed by atoms with van der Waals surface area (Å²) < 4.78 is 7.66. The normalized spacial score (nSPS) is 11.1. The van der Waals surface area contributed by atoms with Gasteiger partial charge in [-0.05, 0) is 81.3 Å². The molecule has 0 spiro atoms. The van der Waals surface area contributed by atoms with Crippen molar-refractivity contribution in [2.24, 2.45) is 5.10 Å². The van der Waals surface area contributed by atoms with Crippen LogP contribution in [0.15, 0.2) is 53.6 Å². The molecule has 1 amide bonds. The third kappa shape index (κ3) is 5.27. The molecule has 29 heavy (non-hydrogen) atoms. The molecule has 2 aromatic carbocycles. The molecule has 1 heterocycles. The maximum atomic E-state index is 12.0. The van der Waals surface area contributed by atoms with E-state index in [1.807, 2.05) is 70.2 Å². The van der Waals surface area contributed by atoms with Gasteiger partial charge in [0.1, 0.15) is 5.75 Å². The van der Waals surface area contributed by atoms with Gasteiger partial charge in [-0.1, -0.05) is 17.7 Å². The summed E-state index contributed by atoms with van der Waals surface area (Å²) in [6.45, 7) is 7.92. The van der Waals surface area contributed by atoms with Gasteiger partial charge in [0.05, 0.1) is 6.21 Å². The summed E-state index contributed by atoms with van der Waals surface area (Å²) in [4.78, 5) is 12.0. The van der Waals surface area contributed by atoms with E-state index in [1.54, 1.807) is 6.21 Å². The molecule has 150 valence electrons. The largest absolute Gasteiger partial charge is 0.484 e. The van der Waals surface area contributed by atoms with Crippen LogP contribution in [0.25, 0.3) is 5.69 Å². The molecule has 0 atom stereocenters. The number of carbonyl (C=O) groups excluding carboxylic acids is 1. The van der Waals surface area contributed by atoms with Crippen molar-refractivity contribution in [2.75, 3.05) is 6.61 Å². The number of rotatable bonds is 6. The number of aromatic nitrogens is 1. The summed E-state index contributed by atoms with van der Waals surface area (Å²) in [6, 6.07) is 15.5. The maximum absolute atomic E-state index is 12.0. The van der Waals surface area contributed by atoms with E-state index in [-0.39, 0.29) is 12.5 Å². The van der Waals surface area contributed by atoms with Crippen LogP contribution in [-0.2, 0) is 4.79 Å². The highest BCUT2D eigenvalue weighted by Crippen LogP contribution is 2.21. The van der Waals surface area contributed by atoms with Gasteiger partial charge in [-0.25, -0.2) is 5.43 Å². The van der Waals surface area contributed by atoms with Crippen molar-refractivity contribution in [1.29, 1.82) is 0 Å². The second-order valence-electron chi connectivity index (χ2n) is 7.04. The number of halogens is 1. The lowest BCUT2D eigenvalue weighted by atomic mass is 10.1. The first-order chi connectivity index (χ1) is 13.8. The van der Waals surface area contributed by atoms with Crippen LogP contribution in [-0.4, -0.2) is 23.3 Å². The number of carbonyl (C=O) groups is 1. The first kappa shape index (κ1) is 20.7. The number of hydrogen-bond acceptors (Lipinski definition) is 3. The minimum Gasteiger partial charge on any atom is -0.484 e. The number of ether oxygens (including phenoxy) is 1. The van der Waals surface area contributed by atoms with Gasteiger partial charge in [0.2, 0.25) is 0 Å². The first-order valence-corrected chi connectivity index (χ1v) is 9.69. The monoisotopic (exact) mass is 409 g/mol. The van der Waals surface area contributed by atoms with Crippen molar-refractivity contribution in [3.8, 4) is 11.4 Å². The lowest BCUT2D eigenvalue weighted by molar-refractivity contribution is -0.123. The molecule has 1 N–H and O–H groups in total. The van der Waals surface area contributed by atoms with E-state index < -0.39 is 0 Å². The minimum absolute atomic E-state index is 0.0932. The Balaban J connectivity index is 1.62. The molecule has 0 fully saturated rings. The van der Waals surface area contributed by atoms with E-state index in [4.69, 9.17) is 16.3 Å². The van der Waals surface area contributed by atoms with Crippen LogP contribution in [0.1, 0.15) is 28.1 Å². The van der Waals surface area contributed by atoms with Gasteiger partial charge >= 0.3 is 0 Å². The molecule has 0 unspecified atom stereocenters. The molecule has 0 saturated heterocycles. The third-order valence-corrected chi connectivity index (χ3v) is 4.77. The predicted octanol–water partition coefficient (Wildman–Crippen LogP) is 4.89. The van der Waals surface area contributed by atoms with E-state index in [2.05, 4.69) is 21.2 Å². The number of amides is 1. The van der Waals surface area contributed by atoms with Gasteiger partial charge in [0.15, 0.2) is 6.61 Å². The average Bonchev–Trinajstić information content (AvgIpc) is 2.94. The Morgan fingerprint density at radius 3 is 2.38 bits per heavy atom. The van der Waals surface area contributed by atoms with Crippen LogP contribution >= 0.6 is 11.6 Å². The molecule has 0 aliphatic carbocycles. The second-order valence-corrected chi connectivity index (χ2v) is 7.48. The van der Waals surface area contributed by atoms with Crippen molar-refractivity contribution in [2.45, 2.75) is 27.7 Å². The smallest absolute Gasteiger partial charge is 0.277 e. The van der Waals surface area contributed by atoms with E-state index in [0.29, 0.717) is 10.8 Å². The van der Waals surface area contributed by atoms with E-state index in [9.17, 15) is 4.79 Å². The zero-order chi connectivity index (χ0) is 21.0. The van der Waals surface area contributed by atoms with Crippen LogP contribution < -0.4 is 10.2 Å². The summed E-state index contributed by atoms with van der Waals surface area (Å²) in [5.74, 6) is 0.361. The zero-order valence-corrected chi connectivity index (χ0v) is 17.7. The summed E-state index contributed by atoms with van der Waals surface area (Å²) >= 11 is 5.98. The number of nitrogens with zero attached hydrogens (tertiary/aromatic N) is 2. The fourth-order valence-corrected chi connectivity index (χ4v) is 3.40. The topological polar surface area (TPSA) is 55.6 Å². The second kappa shape index (κ2) is 8.97. The predicted molar refractivity (Wildman–Crippen MR) is 117 cm³/mol. The number of hydrogen-bond donors (Lipinski definition) is 1. The Kier molecular flexibility index (Phi) is 6.39. The third-order valence-electron chi connectivity index (χ3n) is 4.51. The first-order valence-electron chi connectivity index (χ1n) is 9.31. The van der Waals surface area contributed by atoms with Crippen molar-refractivity contribution >= 4 is 23.7 Å². The number of benzene rings is 2. The molecule has 0 aliphatic rings. The standard InChI is InChI=1S/C23H24ClN3O2/c1-15-9-16(2)11-22(10-15)29-14-23(28)26-25-13-19-12-17(3)27(18(19)4)21-7-5-20(24)6-8-21/h5-13H,14H2,1-4H3,(H,26,28)/b25-13+.